The van der Waals surface area contributed by atoms with Crippen LogP contribution in [0.25, 0.3) is 10.9 Å². The van der Waals surface area contributed by atoms with Gasteiger partial charge in [0.25, 0.3) is 5.91 Å². The maximum Gasteiger partial charge on any atom is 0.251 e. The largest absolute Gasteiger partial charge is 0.347 e. The lowest BCUT2D eigenvalue weighted by atomic mass is 10.2. The SMILES string of the molecule is O=C(CCn1ccc2ccccc21)Nc1cccc(C(=O)NCc2ccccn2)c1. The van der Waals surface area contributed by atoms with Gasteiger partial charge in [-0.3, -0.25) is 14.6 Å². The smallest absolute Gasteiger partial charge is 0.251 e. The number of pyridine rings is 1. The van der Waals surface area contributed by atoms with Crippen molar-refractivity contribution in [3.05, 3.63) is 96.4 Å². The van der Waals surface area contributed by atoms with Gasteiger partial charge in [-0.25, -0.2) is 0 Å². The average molecular weight is 398 g/mol. The molecule has 0 aliphatic carbocycles. The molecule has 0 radical (unpaired) electrons. The summed E-state index contributed by atoms with van der Waals surface area (Å²) in [4.78, 5) is 29.0. The van der Waals surface area contributed by atoms with Gasteiger partial charge in [-0.15, -0.1) is 0 Å². The maximum atomic E-state index is 12.4. The molecule has 0 spiro atoms. The van der Waals surface area contributed by atoms with E-state index in [1.54, 1.807) is 30.5 Å². The highest BCUT2D eigenvalue weighted by Gasteiger charge is 2.09. The molecule has 0 atom stereocenters. The van der Waals surface area contributed by atoms with Crippen molar-refractivity contribution in [2.24, 2.45) is 0 Å². The fourth-order valence-corrected chi connectivity index (χ4v) is 3.29. The summed E-state index contributed by atoms with van der Waals surface area (Å²) in [5.74, 6) is -0.311. The van der Waals surface area contributed by atoms with Crippen molar-refractivity contribution in [2.75, 3.05) is 5.32 Å². The Morgan fingerprint density at radius 2 is 1.80 bits per heavy atom. The Morgan fingerprint density at radius 3 is 2.67 bits per heavy atom. The van der Waals surface area contributed by atoms with Gasteiger partial charge in [-0.05, 0) is 47.9 Å². The van der Waals surface area contributed by atoms with Gasteiger partial charge in [0, 0.05) is 42.1 Å². The zero-order valence-corrected chi connectivity index (χ0v) is 16.4. The van der Waals surface area contributed by atoms with Crippen molar-refractivity contribution in [3.8, 4) is 0 Å². The van der Waals surface area contributed by atoms with Crippen LogP contribution in [0.15, 0.2) is 85.2 Å². The molecular weight excluding hydrogens is 376 g/mol. The number of anilines is 1. The first-order valence-electron chi connectivity index (χ1n) is 9.81. The van der Waals surface area contributed by atoms with Crippen LogP contribution in [0.2, 0.25) is 0 Å². The number of fused-ring (bicyclic) bond motifs is 1. The van der Waals surface area contributed by atoms with Crippen LogP contribution in [0.5, 0.6) is 0 Å². The predicted molar refractivity (Wildman–Crippen MR) is 117 cm³/mol. The summed E-state index contributed by atoms with van der Waals surface area (Å²) in [7, 11) is 0. The molecule has 4 rings (SSSR count). The lowest BCUT2D eigenvalue weighted by Crippen LogP contribution is -2.23. The quantitative estimate of drug-likeness (QED) is 0.494. The number of nitrogens with one attached hydrogen (secondary N) is 2. The monoisotopic (exact) mass is 398 g/mol. The summed E-state index contributed by atoms with van der Waals surface area (Å²) in [5.41, 5.74) is 2.98. The van der Waals surface area contributed by atoms with E-state index in [0.29, 0.717) is 30.8 Å². The van der Waals surface area contributed by atoms with E-state index in [1.807, 2.05) is 48.7 Å². The molecule has 0 fully saturated rings. The summed E-state index contributed by atoms with van der Waals surface area (Å²) in [6.07, 6.45) is 4.02. The number of hydrogen-bond acceptors (Lipinski definition) is 3. The van der Waals surface area contributed by atoms with Gasteiger partial charge in [-0.2, -0.15) is 0 Å². The number of para-hydroxylation sites is 1. The Morgan fingerprint density at radius 1 is 0.933 bits per heavy atom. The van der Waals surface area contributed by atoms with E-state index in [1.165, 1.54) is 0 Å². The molecule has 6 nitrogen and oxygen atoms in total. The average Bonchev–Trinajstić information content (AvgIpc) is 3.20. The summed E-state index contributed by atoms with van der Waals surface area (Å²) < 4.78 is 2.07. The predicted octanol–water partition coefficient (Wildman–Crippen LogP) is 4.00. The normalized spacial score (nSPS) is 10.7. The van der Waals surface area contributed by atoms with Gasteiger partial charge >= 0.3 is 0 Å². The minimum Gasteiger partial charge on any atom is -0.347 e. The third-order valence-corrected chi connectivity index (χ3v) is 4.82. The van der Waals surface area contributed by atoms with E-state index < -0.39 is 0 Å². The molecule has 4 aromatic rings. The molecule has 2 heterocycles. The second-order valence-corrected chi connectivity index (χ2v) is 6.95. The highest BCUT2D eigenvalue weighted by Crippen LogP contribution is 2.16. The van der Waals surface area contributed by atoms with Crippen LogP contribution in [0, 0.1) is 0 Å². The first-order valence-corrected chi connectivity index (χ1v) is 9.81. The summed E-state index contributed by atoms with van der Waals surface area (Å²) in [5, 5.41) is 6.87. The fourth-order valence-electron chi connectivity index (χ4n) is 3.29. The number of carbonyl (C=O) groups excluding carboxylic acids is 2. The fraction of sp³-hybridized carbons (Fsp3) is 0.125. The molecule has 0 saturated carbocycles. The molecule has 150 valence electrons. The van der Waals surface area contributed by atoms with E-state index in [2.05, 4.69) is 26.3 Å². The minimum atomic E-state index is -0.212. The summed E-state index contributed by atoms with van der Waals surface area (Å²) in [6, 6.07) is 22.6. The molecule has 0 unspecified atom stereocenters. The number of benzene rings is 2. The summed E-state index contributed by atoms with van der Waals surface area (Å²) >= 11 is 0. The minimum absolute atomic E-state index is 0.0983. The molecular formula is C24H22N4O2. The van der Waals surface area contributed by atoms with E-state index in [-0.39, 0.29) is 11.8 Å². The number of nitrogens with zero attached hydrogens (tertiary/aromatic N) is 2. The van der Waals surface area contributed by atoms with E-state index in [0.717, 1.165) is 16.6 Å². The molecule has 6 heteroatoms. The number of carbonyl (C=O) groups is 2. The molecule has 0 aliphatic rings. The lowest BCUT2D eigenvalue weighted by molar-refractivity contribution is -0.116. The van der Waals surface area contributed by atoms with Crippen molar-refractivity contribution < 1.29 is 9.59 Å². The van der Waals surface area contributed by atoms with Gasteiger partial charge in [0.1, 0.15) is 0 Å². The number of aromatic nitrogens is 2. The number of aryl methyl sites for hydroxylation is 1. The van der Waals surface area contributed by atoms with Gasteiger partial charge in [0.05, 0.1) is 12.2 Å². The van der Waals surface area contributed by atoms with E-state index in [9.17, 15) is 9.59 Å². The third-order valence-electron chi connectivity index (χ3n) is 4.82. The van der Waals surface area contributed by atoms with Crippen LogP contribution in [0.1, 0.15) is 22.5 Å². The van der Waals surface area contributed by atoms with Crippen LogP contribution >= 0.6 is 0 Å². The first kappa shape index (κ1) is 19.4. The van der Waals surface area contributed by atoms with Crippen LogP contribution in [0.3, 0.4) is 0 Å². The Kier molecular flexibility index (Phi) is 5.85. The molecule has 0 bridgehead atoms. The van der Waals surface area contributed by atoms with Gasteiger partial charge < -0.3 is 15.2 Å². The third kappa shape index (κ3) is 4.72. The van der Waals surface area contributed by atoms with Gasteiger partial charge in [-0.1, -0.05) is 30.3 Å². The Hall–Kier alpha value is -3.93. The van der Waals surface area contributed by atoms with Crippen molar-refractivity contribution in [1.29, 1.82) is 0 Å². The van der Waals surface area contributed by atoms with Crippen molar-refractivity contribution >= 4 is 28.4 Å². The molecule has 2 aromatic carbocycles. The van der Waals surface area contributed by atoms with Crippen LogP contribution in [-0.4, -0.2) is 21.4 Å². The first-order chi connectivity index (χ1) is 14.7. The molecule has 2 aromatic heterocycles. The highest BCUT2D eigenvalue weighted by atomic mass is 16.2. The van der Waals surface area contributed by atoms with Crippen molar-refractivity contribution in [3.63, 3.8) is 0 Å². The Balaban J connectivity index is 1.33. The standard InChI is InChI=1S/C24H22N4O2/c29-23(12-15-28-14-11-18-6-1-2-10-22(18)28)27-20-9-5-7-19(16-20)24(30)26-17-21-8-3-4-13-25-21/h1-11,13-14,16H,12,15,17H2,(H,26,30)(H,27,29). The Labute approximate surface area is 174 Å². The molecule has 2 N–H and O–H groups in total. The van der Waals surface area contributed by atoms with Crippen molar-refractivity contribution in [2.45, 2.75) is 19.5 Å². The topological polar surface area (TPSA) is 76.0 Å². The molecule has 0 aliphatic heterocycles. The van der Waals surface area contributed by atoms with Crippen LogP contribution in [0.4, 0.5) is 5.69 Å². The number of amides is 2. The molecule has 30 heavy (non-hydrogen) atoms. The second kappa shape index (κ2) is 9.05. The lowest BCUT2D eigenvalue weighted by Gasteiger charge is -2.09. The molecule has 2 amide bonds. The number of hydrogen-bond donors (Lipinski definition) is 2. The van der Waals surface area contributed by atoms with E-state index >= 15 is 0 Å². The highest BCUT2D eigenvalue weighted by molar-refractivity contribution is 5.97. The molecule has 0 saturated heterocycles. The second-order valence-electron chi connectivity index (χ2n) is 6.95. The van der Waals surface area contributed by atoms with E-state index in [4.69, 9.17) is 0 Å². The summed E-state index contributed by atoms with van der Waals surface area (Å²) in [6.45, 7) is 0.935. The van der Waals surface area contributed by atoms with Gasteiger partial charge in [0.15, 0.2) is 0 Å². The number of rotatable bonds is 7. The van der Waals surface area contributed by atoms with Crippen LogP contribution < -0.4 is 10.6 Å². The maximum absolute atomic E-state index is 12.4. The zero-order valence-electron chi connectivity index (χ0n) is 16.4. The van der Waals surface area contributed by atoms with Crippen LogP contribution in [-0.2, 0) is 17.9 Å². The van der Waals surface area contributed by atoms with Gasteiger partial charge in [0.2, 0.25) is 5.91 Å². The zero-order chi connectivity index (χ0) is 20.8. The Bertz CT molecular complexity index is 1170. The van der Waals surface area contributed by atoms with Crippen molar-refractivity contribution in [1.82, 2.24) is 14.9 Å².